The lowest BCUT2D eigenvalue weighted by molar-refractivity contribution is -0.140. The lowest BCUT2D eigenvalue weighted by Crippen LogP contribution is -2.47. The molecule has 0 bridgehead atoms. The lowest BCUT2D eigenvalue weighted by Gasteiger charge is -2.29. The zero-order valence-corrected chi connectivity index (χ0v) is 20.0. The summed E-state index contributed by atoms with van der Waals surface area (Å²) in [7, 11) is 0. The Morgan fingerprint density at radius 2 is 1.76 bits per heavy atom. The van der Waals surface area contributed by atoms with Gasteiger partial charge in [-0.3, -0.25) is 14.4 Å². The van der Waals surface area contributed by atoms with Gasteiger partial charge in [-0.2, -0.15) is 0 Å². The number of carbonyl (C=O) groups is 3. The molecule has 3 aromatic rings. The fourth-order valence-corrected chi connectivity index (χ4v) is 4.61. The third kappa shape index (κ3) is 4.53. The summed E-state index contributed by atoms with van der Waals surface area (Å²) in [4.78, 5) is 42.3. The highest BCUT2D eigenvalue weighted by Crippen LogP contribution is 2.37. The first-order chi connectivity index (χ1) is 16.4. The number of nitrogens with zero attached hydrogens (tertiary/aromatic N) is 2. The molecule has 1 aliphatic rings. The SMILES string of the molecule is CCNC(=O)[C@@H](C)N(Cc1ccccc1C)C(=O)CCCN1C(=O)c2cccc3cccc1c23. The Hall–Kier alpha value is -3.67. The van der Waals surface area contributed by atoms with E-state index in [1.54, 1.807) is 16.7 Å². The molecule has 176 valence electrons. The number of anilines is 1. The van der Waals surface area contributed by atoms with Crippen LogP contribution in [0.25, 0.3) is 10.8 Å². The van der Waals surface area contributed by atoms with E-state index in [-0.39, 0.29) is 24.1 Å². The summed E-state index contributed by atoms with van der Waals surface area (Å²) in [6, 6.07) is 19.0. The number of hydrogen-bond donors (Lipinski definition) is 1. The first-order valence-electron chi connectivity index (χ1n) is 11.9. The van der Waals surface area contributed by atoms with Crippen LogP contribution in [0.2, 0.25) is 0 Å². The maximum atomic E-state index is 13.3. The van der Waals surface area contributed by atoms with Gasteiger partial charge < -0.3 is 15.1 Å². The summed E-state index contributed by atoms with van der Waals surface area (Å²) >= 11 is 0. The zero-order chi connectivity index (χ0) is 24.2. The lowest BCUT2D eigenvalue weighted by atomic mass is 10.1. The van der Waals surface area contributed by atoms with E-state index in [1.807, 2.05) is 74.5 Å². The van der Waals surface area contributed by atoms with Crippen LogP contribution in [0.3, 0.4) is 0 Å². The van der Waals surface area contributed by atoms with E-state index in [9.17, 15) is 14.4 Å². The fourth-order valence-electron chi connectivity index (χ4n) is 4.61. The van der Waals surface area contributed by atoms with E-state index in [2.05, 4.69) is 5.32 Å². The van der Waals surface area contributed by atoms with Gasteiger partial charge in [0, 0.05) is 37.0 Å². The fraction of sp³-hybridized carbons (Fsp3) is 0.321. The average molecular weight is 458 g/mol. The number of carbonyl (C=O) groups excluding carboxylic acids is 3. The van der Waals surface area contributed by atoms with Gasteiger partial charge in [0.2, 0.25) is 11.8 Å². The predicted octanol–water partition coefficient (Wildman–Crippen LogP) is 4.44. The minimum Gasteiger partial charge on any atom is -0.355 e. The molecule has 4 rings (SSSR count). The molecule has 0 spiro atoms. The Balaban J connectivity index is 1.47. The topological polar surface area (TPSA) is 69.7 Å². The minimum absolute atomic E-state index is 0.0216. The van der Waals surface area contributed by atoms with Crippen LogP contribution in [0.1, 0.15) is 48.2 Å². The normalized spacial score (nSPS) is 13.3. The number of aryl methyl sites for hydroxylation is 1. The van der Waals surface area contributed by atoms with Crippen molar-refractivity contribution in [2.45, 2.75) is 46.2 Å². The molecule has 1 aliphatic heterocycles. The maximum Gasteiger partial charge on any atom is 0.258 e. The second kappa shape index (κ2) is 10.1. The van der Waals surface area contributed by atoms with Gasteiger partial charge >= 0.3 is 0 Å². The van der Waals surface area contributed by atoms with Crippen molar-refractivity contribution >= 4 is 34.2 Å². The molecule has 0 radical (unpaired) electrons. The number of rotatable bonds is 9. The largest absolute Gasteiger partial charge is 0.355 e. The van der Waals surface area contributed by atoms with Gasteiger partial charge in [-0.05, 0) is 55.8 Å². The Labute approximate surface area is 200 Å². The van der Waals surface area contributed by atoms with Crippen LogP contribution in [-0.2, 0) is 16.1 Å². The molecule has 1 heterocycles. The van der Waals surface area contributed by atoms with Crippen molar-refractivity contribution in [3.05, 3.63) is 77.4 Å². The highest BCUT2D eigenvalue weighted by molar-refractivity contribution is 6.25. The van der Waals surface area contributed by atoms with E-state index >= 15 is 0 Å². The van der Waals surface area contributed by atoms with E-state index in [0.29, 0.717) is 31.6 Å². The molecule has 0 aromatic heterocycles. The van der Waals surface area contributed by atoms with Crippen molar-refractivity contribution in [2.24, 2.45) is 0 Å². The second-order valence-electron chi connectivity index (χ2n) is 8.76. The Kier molecular flexibility index (Phi) is 6.96. The number of nitrogens with one attached hydrogen (secondary N) is 1. The maximum absolute atomic E-state index is 13.3. The van der Waals surface area contributed by atoms with Crippen molar-refractivity contribution < 1.29 is 14.4 Å². The molecule has 3 aromatic carbocycles. The zero-order valence-electron chi connectivity index (χ0n) is 20.0. The quantitative estimate of drug-likeness (QED) is 0.516. The van der Waals surface area contributed by atoms with E-state index in [4.69, 9.17) is 0 Å². The predicted molar refractivity (Wildman–Crippen MR) is 135 cm³/mol. The molecule has 1 atom stereocenters. The molecule has 0 saturated carbocycles. The first kappa shape index (κ1) is 23.5. The molecule has 6 nitrogen and oxygen atoms in total. The van der Waals surface area contributed by atoms with Gasteiger partial charge in [-0.15, -0.1) is 0 Å². The number of benzene rings is 3. The van der Waals surface area contributed by atoms with Crippen LogP contribution in [0.5, 0.6) is 0 Å². The van der Waals surface area contributed by atoms with Crippen LogP contribution < -0.4 is 10.2 Å². The first-order valence-corrected chi connectivity index (χ1v) is 11.9. The summed E-state index contributed by atoms with van der Waals surface area (Å²) in [6.45, 7) is 6.97. The molecule has 0 fully saturated rings. The van der Waals surface area contributed by atoms with Gasteiger partial charge in [0.05, 0.1) is 5.69 Å². The molecule has 0 saturated heterocycles. The van der Waals surface area contributed by atoms with Gasteiger partial charge in [-0.1, -0.05) is 48.5 Å². The summed E-state index contributed by atoms with van der Waals surface area (Å²) in [6.07, 6.45) is 0.771. The molecule has 1 N–H and O–H groups in total. The van der Waals surface area contributed by atoms with E-state index in [1.165, 1.54) is 0 Å². The molecular weight excluding hydrogens is 426 g/mol. The summed E-state index contributed by atoms with van der Waals surface area (Å²) in [5.74, 6) is -0.280. The van der Waals surface area contributed by atoms with E-state index < -0.39 is 6.04 Å². The van der Waals surface area contributed by atoms with Crippen molar-refractivity contribution in [2.75, 3.05) is 18.0 Å². The molecule has 0 aliphatic carbocycles. The third-order valence-electron chi connectivity index (χ3n) is 6.54. The van der Waals surface area contributed by atoms with Crippen LogP contribution in [0.4, 0.5) is 5.69 Å². The third-order valence-corrected chi connectivity index (χ3v) is 6.54. The monoisotopic (exact) mass is 457 g/mol. The van der Waals surface area contributed by atoms with Crippen molar-refractivity contribution in [1.29, 1.82) is 0 Å². The molecule has 6 heteroatoms. The summed E-state index contributed by atoms with van der Waals surface area (Å²) in [5.41, 5.74) is 3.71. The number of amides is 3. The summed E-state index contributed by atoms with van der Waals surface area (Å²) < 4.78 is 0. The van der Waals surface area contributed by atoms with Crippen LogP contribution in [0.15, 0.2) is 60.7 Å². The van der Waals surface area contributed by atoms with Gasteiger partial charge in [0.15, 0.2) is 0 Å². The Bertz CT molecular complexity index is 1230. The number of likely N-dealkylation sites (N-methyl/N-ethyl adjacent to an activating group) is 1. The van der Waals surface area contributed by atoms with Gasteiger partial charge in [-0.25, -0.2) is 0 Å². The van der Waals surface area contributed by atoms with Crippen LogP contribution in [0, 0.1) is 6.92 Å². The average Bonchev–Trinajstić information content (AvgIpc) is 3.11. The molecule has 34 heavy (non-hydrogen) atoms. The van der Waals surface area contributed by atoms with Crippen molar-refractivity contribution in [3.8, 4) is 0 Å². The highest BCUT2D eigenvalue weighted by atomic mass is 16.2. The summed E-state index contributed by atoms with van der Waals surface area (Å²) in [5, 5.41) is 4.85. The Morgan fingerprint density at radius 1 is 1.03 bits per heavy atom. The molecular formula is C28H31N3O3. The minimum atomic E-state index is -0.585. The van der Waals surface area contributed by atoms with E-state index in [0.717, 1.165) is 27.6 Å². The molecule has 0 unspecified atom stereocenters. The number of hydrogen-bond acceptors (Lipinski definition) is 3. The van der Waals surface area contributed by atoms with Crippen molar-refractivity contribution in [3.63, 3.8) is 0 Å². The second-order valence-corrected chi connectivity index (χ2v) is 8.76. The highest BCUT2D eigenvalue weighted by Gasteiger charge is 2.30. The Morgan fingerprint density at radius 3 is 2.50 bits per heavy atom. The van der Waals surface area contributed by atoms with Crippen molar-refractivity contribution in [1.82, 2.24) is 10.2 Å². The van der Waals surface area contributed by atoms with Crippen LogP contribution >= 0.6 is 0 Å². The van der Waals surface area contributed by atoms with Gasteiger partial charge in [0.25, 0.3) is 5.91 Å². The van der Waals surface area contributed by atoms with Crippen LogP contribution in [-0.4, -0.2) is 41.8 Å². The molecule has 3 amide bonds. The van der Waals surface area contributed by atoms with Gasteiger partial charge in [0.1, 0.15) is 6.04 Å². The standard InChI is InChI=1S/C28H31N3O3/c1-4-29-27(33)20(3)31(18-22-11-6-5-10-19(22)2)25(32)16-9-17-30-24-15-8-13-21-12-7-14-23(26(21)24)28(30)34/h5-8,10-15,20H,4,9,16-18H2,1-3H3,(H,29,33)/t20-/m1/s1. The smallest absolute Gasteiger partial charge is 0.258 e.